The maximum Gasteiger partial charge on any atom is 0.326 e. The van der Waals surface area contributed by atoms with Crippen LogP contribution in [0.15, 0.2) is 12.1 Å². The smallest absolute Gasteiger partial charge is 0.326 e. The third-order valence-electron chi connectivity index (χ3n) is 2.80. The molecular weight excluding hydrogens is 326 g/mol. The number of hydrogen-bond donors (Lipinski definition) is 2. The third-order valence-corrected chi connectivity index (χ3v) is 4.09. The number of carbonyl (C=O) groups excluding carboxylic acids is 1. The Kier molecular flexibility index (Phi) is 7.32. The monoisotopic (exact) mass is 347 g/mol. The largest absolute Gasteiger partial charge is 0.480 e. The number of halogens is 1. The minimum atomic E-state index is -1.05. The van der Waals surface area contributed by atoms with Crippen LogP contribution < -0.4 is 5.32 Å². The topological polar surface area (TPSA) is 75.6 Å². The summed E-state index contributed by atoms with van der Waals surface area (Å²) in [5, 5.41) is 11.7. The van der Waals surface area contributed by atoms with Gasteiger partial charge in [-0.1, -0.05) is 11.6 Å². The fourth-order valence-electron chi connectivity index (χ4n) is 1.73. The quantitative estimate of drug-likeness (QED) is 0.757. The van der Waals surface area contributed by atoms with Crippen molar-refractivity contribution in [2.24, 2.45) is 0 Å². The molecule has 0 bridgehead atoms. The van der Waals surface area contributed by atoms with Gasteiger partial charge in [-0.15, -0.1) is 11.3 Å². The fraction of sp³-hybridized carbons (Fsp3) is 0.600. The van der Waals surface area contributed by atoms with Gasteiger partial charge in [0.1, 0.15) is 6.04 Å². The van der Waals surface area contributed by atoms with Gasteiger partial charge in [-0.25, -0.2) is 4.79 Å². The van der Waals surface area contributed by atoms with Gasteiger partial charge >= 0.3 is 5.97 Å². The zero-order valence-corrected chi connectivity index (χ0v) is 14.6. The van der Waals surface area contributed by atoms with Gasteiger partial charge in [0.25, 0.3) is 0 Å². The van der Waals surface area contributed by atoms with Crippen LogP contribution in [-0.2, 0) is 20.7 Å². The number of aryl methyl sites for hydroxylation is 1. The maximum absolute atomic E-state index is 11.9. The van der Waals surface area contributed by atoms with Crippen molar-refractivity contribution in [3.8, 4) is 0 Å². The predicted octanol–water partition coefficient (Wildman–Crippen LogP) is 3.11. The number of amides is 1. The number of ether oxygens (including phenoxy) is 1. The first-order valence-electron chi connectivity index (χ1n) is 7.08. The molecule has 22 heavy (non-hydrogen) atoms. The van der Waals surface area contributed by atoms with Crippen molar-refractivity contribution in [3.05, 3.63) is 21.3 Å². The van der Waals surface area contributed by atoms with Gasteiger partial charge < -0.3 is 15.2 Å². The summed E-state index contributed by atoms with van der Waals surface area (Å²) in [4.78, 5) is 24.0. The Bertz CT molecular complexity index is 510. The molecule has 0 aliphatic heterocycles. The Labute approximate surface area is 139 Å². The van der Waals surface area contributed by atoms with Crippen LogP contribution in [0.1, 0.15) is 38.5 Å². The zero-order valence-electron chi connectivity index (χ0n) is 13.0. The van der Waals surface area contributed by atoms with Gasteiger partial charge in [-0.2, -0.15) is 0 Å². The molecule has 1 rings (SSSR count). The van der Waals surface area contributed by atoms with Crippen molar-refractivity contribution in [2.45, 2.75) is 51.7 Å². The van der Waals surface area contributed by atoms with Gasteiger partial charge in [0, 0.05) is 24.3 Å². The molecule has 0 aromatic carbocycles. The fourth-order valence-corrected chi connectivity index (χ4v) is 2.82. The van der Waals surface area contributed by atoms with Crippen LogP contribution in [0.2, 0.25) is 4.34 Å². The Morgan fingerprint density at radius 2 is 2.09 bits per heavy atom. The second-order valence-corrected chi connectivity index (χ2v) is 7.71. The normalized spacial score (nSPS) is 12.9. The van der Waals surface area contributed by atoms with Crippen LogP contribution >= 0.6 is 22.9 Å². The van der Waals surface area contributed by atoms with E-state index in [0.29, 0.717) is 10.8 Å². The van der Waals surface area contributed by atoms with E-state index >= 15 is 0 Å². The van der Waals surface area contributed by atoms with Gasteiger partial charge in [0.05, 0.1) is 9.94 Å². The molecule has 1 heterocycles. The van der Waals surface area contributed by atoms with Crippen molar-refractivity contribution >= 4 is 34.8 Å². The minimum absolute atomic E-state index is 0.237. The Balaban J connectivity index is 2.38. The number of carbonyl (C=O) groups is 2. The summed E-state index contributed by atoms with van der Waals surface area (Å²) in [6, 6.07) is 2.72. The summed E-state index contributed by atoms with van der Waals surface area (Å²) < 4.78 is 6.17. The molecule has 0 aliphatic rings. The molecular formula is C15H22ClNO4S. The molecule has 1 amide bonds. The molecule has 2 N–H and O–H groups in total. The first kappa shape index (κ1) is 18.9. The van der Waals surface area contributed by atoms with Crippen LogP contribution in [0.3, 0.4) is 0 Å². The molecule has 0 spiro atoms. The Hall–Kier alpha value is -1.11. The van der Waals surface area contributed by atoms with Crippen molar-refractivity contribution in [1.82, 2.24) is 5.32 Å². The first-order valence-corrected chi connectivity index (χ1v) is 8.27. The number of nitrogens with one attached hydrogen (secondary N) is 1. The number of thiophene rings is 1. The Morgan fingerprint density at radius 3 is 2.59 bits per heavy atom. The average molecular weight is 348 g/mol. The van der Waals surface area contributed by atoms with E-state index in [-0.39, 0.29) is 31.0 Å². The SMILES string of the molecule is CC(C)(C)OCCC(NC(=O)CCc1ccc(Cl)s1)C(=O)O. The highest BCUT2D eigenvalue weighted by Gasteiger charge is 2.21. The van der Waals surface area contributed by atoms with E-state index in [2.05, 4.69) is 5.32 Å². The number of carboxylic acid groups (broad SMARTS) is 1. The van der Waals surface area contributed by atoms with Crippen molar-refractivity contribution in [3.63, 3.8) is 0 Å². The number of aliphatic carboxylic acids is 1. The van der Waals surface area contributed by atoms with Crippen LogP contribution in [-0.4, -0.2) is 35.2 Å². The van der Waals surface area contributed by atoms with Gasteiger partial charge in [-0.05, 0) is 39.3 Å². The second-order valence-electron chi connectivity index (χ2n) is 5.91. The lowest BCUT2D eigenvalue weighted by molar-refractivity contribution is -0.142. The number of hydrogen-bond acceptors (Lipinski definition) is 4. The van der Waals surface area contributed by atoms with Crippen molar-refractivity contribution < 1.29 is 19.4 Å². The third kappa shape index (κ3) is 7.77. The molecule has 124 valence electrons. The molecule has 0 radical (unpaired) electrons. The van der Waals surface area contributed by atoms with E-state index in [1.807, 2.05) is 26.8 Å². The van der Waals surface area contributed by atoms with Crippen LogP contribution in [0.25, 0.3) is 0 Å². The maximum atomic E-state index is 11.9. The molecule has 5 nitrogen and oxygen atoms in total. The zero-order chi connectivity index (χ0) is 16.8. The van der Waals surface area contributed by atoms with E-state index < -0.39 is 12.0 Å². The van der Waals surface area contributed by atoms with Crippen LogP contribution in [0.4, 0.5) is 0 Å². The highest BCUT2D eigenvalue weighted by atomic mass is 35.5. The molecule has 0 fully saturated rings. The van der Waals surface area contributed by atoms with Crippen LogP contribution in [0.5, 0.6) is 0 Å². The molecule has 0 saturated carbocycles. The predicted molar refractivity (Wildman–Crippen MR) is 87.5 cm³/mol. The van der Waals surface area contributed by atoms with E-state index in [1.165, 1.54) is 11.3 Å². The summed E-state index contributed by atoms with van der Waals surface area (Å²) in [5.74, 6) is -1.34. The molecule has 0 aliphatic carbocycles. The lowest BCUT2D eigenvalue weighted by atomic mass is 10.1. The second kappa shape index (κ2) is 8.50. The molecule has 0 saturated heterocycles. The highest BCUT2D eigenvalue weighted by Crippen LogP contribution is 2.22. The lowest BCUT2D eigenvalue weighted by Gasteiger charge is -2.21. The standard InChI is InChI=1S/C15H22ClNO4S/c1-15(2,3)21-9-8-11(14(19)20)17-13(18)7-5-10-4-6-12(16)22-10/h4,6,11H,5,7-9H2,1-3H3,(H,17,18)(H,19,20). The first-order chi connectivity index (χ1) is 10.2. The van der Waals surface area contributed by atoms with Crippen molar-refractivity contribution in [2.75, 3.05) is 6.61 Å². The van der Waals surface area contributed by atoms with Gasteiger partial charge in [-0.3, -0.25) is 4.79 Å². The summed E-state index contributed by atoms with van der Waals surface area (Å²) in [6.07, 6.45) is 1.03. The van der Waals surface area contributed by atoms with E-state index in [1.54, 1.807) is 6.07 Å². The molecule has 7 heteroatoms. The lowest BCUT2D eigenvalue weighted by Crippen LogP contribution is -2.42. The van der Waals surface area contributed by atoms with Crippen LogP contribution in [0, 0.1) is 0 Å². The van der Waals surface area contributed by atoms with E-state index in [9.17, 15) is 9.59 Å². The Morgan fingerprint density at radius 1 is 1.41 bits per heavy atom. The minimum Gasteiger partial charge on any atom is -0.480 e. The summed E-state index contributed by atoms with van der Waals surface area (Å²) in [5.41, 5.74) is -0.328. The van der Waals surface area contributed by atoms with Gasteiger partial charge in [0.15, 0.2) is 0 Å². The molecule has 1 atom stereocenters. The van der Waals surface area contributed by atoms with E-state index in [4.69, 9.17) is 21.4 Å². The van der Waals surface area contributed by atoms with Crippen molar-refractivity contribution in [1.29, 1.82) is 0 Å². The summed E-state index contributed by atoms with van der Waals surface area (Å²) >= 11 is 7.24. The highest BCUT2D eigenvalue weighted by molar-refractivity contribution is 7.16. The average Bonchev–Trinajstić information content (AvgIpc) is 2.79. The van der Waals surface area contributed by atoms with E-state index in [0.717, 1.165) is 4.88 Å². The molecule has 1 aromatic rings. The van der Waals surface area contributed by atoms with Gasteiger partial charge in [0.2, 0.25) is 5.91 Å². The number of carboxylic acids is 1. The molecule has 1 unspecified atom stereocenters. The summed E-state index contributed by atoms with van der Waals surface area (Å²) in [6.45, 7) is 5.97. The number of rotatable bonds is 8. The molecule has 1 aromatic heterocycles. The summed E-state index contributed by atoms with van der Waals surface area (Å²) in [7, 11) is 0.